The van der Waals surface area contributed by atoms with Crippen LogP contribution >= 0.6 is 0 Å². The number of nitrogens with two attached hydrogens (primary N) is 1. The van der Waals surface area contributed by atoms with Crippen LogP contribution in [0.1, 0.15) is 70.4 Å². The lowest BCUT2D eigenvalue weighted by atomic mass is 10.0. The van der Waals surface area contributed by atoms with E-state index in [1.165, 1.54) is 42.7 Å². The number of hydrogen-bond acceptors (Lipinski definition) is 14. The molecule has 2 aromatic carbocycles. The van der Waals surface area contributed by atoms with Crippen LogP contribution < -0.4 is 37.6 Å². The van der Waals surface area contributed by atoms with Crippen LogP contribution in [0.15, 0.2) is 54.7 Å². The number of rotatable bonds is 24. The van der Waals surface area contributed by atoms with E-state index in [1.807, 2.05) is 0 Å². The van der Waals surface area contributed by atoms with Crippen LogP contribution in [0.2, 0.25) is 0 Å². The van der Waals surface area contributed by atoms with Crippen molar-refractivity contribution in [3.63, 3.8) is 0 Å². The molecule has 2 aliphatic heterocycles. The van der Waals surface area contributed by atoms with Crippen LogP contribution in [-0.4, -0.2) is 180 Å². The first-order chi connectivity index (χ1) is 34.6. The predicted octanol–water partition coefficient (Wildman–Crippen LogP) is -2.76. The fraction of sp³-hybridized carbons (Fsp3) is 0.500. The van der Waals surface area contributed by atoms with E-state index in [2.05, 4.69) is 36.9 Å². The van der Waals surface area contributed by atoms with Crippen molar-refractivity contribution in [1.29, 1.82) is 0 Å². The number of aliphatic hydroxyl groups excluding tert-OH is 2. The minimum atomic E-state index is -1.74. The summed E-state index contributed by atoms with van der Waals surface area (Å²) in [6.45, 7) is 3.12. The second-order valence-electron chi connectivity index (χ2n) is 18.2. The maximum absolute atomic E-state index is 13.7. The first-order valence-corrected chi connectivity index (χ1v) is 23.8. The smallest absolute Gasteiger partial charge is 0.326 e. The zero-order valence-electron chi connectivity index (χ0n) is 40.5. The number of fused-ring (bicyclic) bond motifs is 1. The van der Waals surface area contributed by atoms with Crippen molar-refractivity contribution in [3.8, 4) is 5.75 Å². The third kappa shape index (κ3) is 15.0. The Kier molecular flexibility index (Phi) is 19.8. The number of aromatic hydroxyl groups is 1. The lowest BCUT2D eigenvalue weighted by Gasteiger charge is -2.30. The standard InChI is InChI=1S/C48H64N10O15/c1-24(40(64)55-35(23-59)42(66)53-33(16-17-38(62)63)41(65)54-34(48(72)73)21-28-22-50-32-9-5-4-8-30(28)32)51-43(67)36-10-6-18-57(36)46(70)25(2)52-45(69)39(26(3)60)56-44(68)37-11-7-19-58(37)47(71)31(49)20-27-12-14-29(61)15-13-27/h4-5,8-9,12-15,22,24-26,31,33-37,39,50,59-61H,6-7,10-11,16-21,23,49H2,1-3H3,(H,51,67)(H,52,69)(H,53,66)(H,54,65)(H,55,64)(H,56,68)(H,62,63)(H,72,73)/t24-,25-,26+,31-,33-,34-,35-,36-,37-,39-/m0/s1. The Balaban J connectivity index is 1.13. The van der Waals surface area contributed by atoms with Crippen LogP contribution in [0.4, 0.5) is 0 Å². The van der Waals surface area contributed by atoms with E-state index >= 15 is 0 Å². The first kappa shape index (κ1) is 56.3. The van der Waals surface area contributed by atoms with E-state index in [0.29, 0.717) is 29.4 Å². The fourth-order valence-corrected chi connectivity index (χ4v) is 8.73. The Hall–Kier alpha value is -7.64. The molecule has 2 aliphatic rings. The zero-order valence-corrected chi connectivity index (χ0v) is 40.5. The number of aliphatic carboxylic acids is 2. The number of aromatic nitrogens is 1. The number of hydrogen-bond donors (Lipinski definition) is 13. The summed E-state index contributed by atoms with van der Waals surface area (Å²) in [4.78, 5) is 137. The molecule has 25 heteroatoms. The number of phenols is 1. The van der Waals surface area contributed by atoms with Gasteiger partial charge in [0.05, 0.1) is 18.8 Å². The highest BCUT2D eigenvalue weighted by atomic mass is 16.4. The number of carboxylic acid groups (broad SMARTS) is 2. The molecule has 0 saturated carbocycles. The Bertz CT molecular complexity index is 2520. The summed E-state index contributed by atoms with van der Waals surface area (Å²) < 4.78 is 0. The molecule has 10 atom stereocenters. The normalized spacial score (nSPS) is 18.7. The second-order valence-corrected chi connectivity index (χ2v) is 18.2. The highest BCUT2D eigenvalue weighted by Gasteiger charge is 2.41. The Morgan fingerprint density at radius 1 is 0.685 bits per heavy atom. The maximum atomic E-state index is 13.7. The van der Waals surface area contributed by atoms with Crippen molar-refractivity contribution in [2.24, 2.45) is 5.73 Å². The van der Waals surface area contributed by atoms with Crippen molar-refractivity contribution in [2.75, 3.05) is 19.7 Å². The van der Waals surface area contributed by atoms with Crippen LogP contribution in [0.3, 0.4) is 0 Å². The molecule has 3 aromatic rings. The average Bonchev–Trinajstić information content (AvgIpc) is 4.14. The Morgan fingerprint density at radius 2 is 1.26 bits per heavy atom. The van der Waals surface area contributed by atoms with E-state index in [1.54, 1.807) is 42.6 Å². The molecule has 73 heavy (non-hydrogen) atoms. The van der Waals surface area contributed by atoms with Crippen molar-refractivity contribution >= 4 is 70.1 Å². The molecule has 0 bridgehead atoms. The highest BCUT2D eigenvalue weighted by Crippen LogP contribution is 2.23. The summed E-state index contributed by atoms with van der Waals surface area (Å²) in [6.07, 6.45) is 0.188. The Morgan fingerprint density at radius 3 is 1.86 bits per heavy atom. The number of aliphatic hydroxyl groups is 2. The van der Waals surface area contributed by atoms with Gasteiger partial charge in [-0.05, 0) is 88.6 Å². The second kappa shape index (κ2) is 25.7. The van der Waals surface area contributed by atoms with Gasteiger partial charge in [0.15, 0.2) is 0 Å². The summed E-state index contributed by atoms with van der Waals surface area (Å²) in [5.74, 6) is -9.52. The number of H-pyrrole nitrogens is 1. The quantitative estimate of drug-likeness (QED) is 0.0432. The van der Waals surface area contributed by atoms with Gasteiger partial charge in [-0.3, -0.25) is 43.2 Å². The van der Waals surface area contributed by atoms with Crippen molar-refractivity contribution in [2.45, 2.75) is 133 Å². The molecule has 1 aromatic heterocycles. The lowest BCUT2D eigenvalue weighted by Crippen LogP contribution is -2.61. The molecule has 0 spiro atoms. The summed E-state index contributed by atoms with van der Waals surface area (Å²) in [5.41, 5.74) is 8.18. The molecule has 0 aliphatic carbocycles. The van der Waals surface area contributed by atoms with E-state index < -0.39 is 139 Å². The van der Waals surface area contributed by atoms with Gasteiger partial charge >= 0.3 is 11.9 Å². The molecule has 25 nitrogen and oxygen atoms in total. The number of carbonyl (C=O) groups is 10. The van der Waals surface area contributed by atoms with E-state index in [4.69, 9.17) is 5.73 Å². The van der Waals surface area contributed by atoms with Gasteiger partial charge in [0.25, 0.3) is 0 Å². The fourth-order valence-electron chi connectivity index (χ4n) is 8.73. The van der Waals surface area contributed by atoms with Gasteiger partial charge in [0.2, 0.25) is 47.3 Å². The van der Waals surface area contributed by atoms with Crippen LogP contribution in [0, 0.1) is 0 Å². The molecule has 8 amide bonds. The monoisotopic (exact) mass is 1020 g/mol. The van der Waals surface area contributed by atoms with Gasteiger partial charge in [-0.2, -0.15) is 0 Å². The van der Waals surface area contributed by atoms with E-state index in [-0.39, 0.29) is 44.5 Å². The van der Waals surface area contributed by atoms with Crippen LogP contribution in [0.5, 0.6) is 5.75 Å². The lowest BCUT2D eigenvalue weighted by molar-refractivity contribution is -0.143. The molecule has 396 valence electrons. The van der Waals surface area contributed by atoms with Crippen LogP contribution in [0.25, 0.3) is 10.9 Å². The first-order valence-electron chi connectivity index (χ1n) is 23.8. The number of likely N-dealkylation sites (tertiary alicyclic amines) is 2. The number of benzene rings is 2. The van der Waals surface area contributed by atoms with Gasteiger partial charge in [-0.15, -0.1) is 0 Å². The minimum absolute atomic E-state index is 0.0437. The SMILES string of the molecule is C[C@H](NC(=O)[C@@H]1CCCN1C(=O)[C@H](C)NC(=O)[C@@H](NC(=O)[C@@H]1CCCN1C(=O)[C@@H](N)Cc1ccc(O)cc1)[C@@H](C)O)C(=O)N[C@@H](CO)C(=O)N[C@@H](CCC(=O)O)C(=O)N[C@@H](Cc1c[nH]c2ccccc12)C(=O)O. The van der Waals surface area contributed by atoms with Crippen LogP contribution in [-0.2, 0) is 60.8 Å². The summed E-state index contributed by atoms with van der Waals surface area (Å²) in [7, 11) is 0. The number of nitrogens with zero attached hydrogens (tertiary/aromatic N) is 2. The minimum Gasteiger partial charge on any atom is -0.508 e. The average molecular weight is 1020 g/mol. The predicted molar refractivity (Wildman–Crippen MR) is 257 cm³/mol. The van der Waals surface area contributed by atoms with Crippen molar-refractivity contribution in [3.05, 3.63) is 65.9 Å². The molecular formula is C48H64N10O15. The molecule has 0 unspecified atom stereocenters. The van der Waals surface area contributed by atoms with Gasteiger partial charge in [0, 0.05) is 43.0 Å². The highest BCUT2D eigenvalue weighted by molar-refractivity contribution is 5.98. The molecule has 2 saturated heterocycles. The van der Waals surface area contributed by atoms with Crippen molar-refractivity contribution < 1.29 is 73.5 Å². The zero-order chi connectivity index (χ0) is 53.7. The molecular weight excluding hydrogens is 957 g/mol. The number of aromatic amines is 1. The van der Waals surface area contributed by atoms with Gasteiger partial charge < -0.3 is 78.0 Å². The van der Waals surface area contributed by atoms with E-state index in [0.717, 1.165) is 5.52 Å². The number of nitrogens with one attached hydrogen (secondary N) is 7. The Labute approximate surface area is 419 Å². The van der Waals surface area contributed by atoms with Gasteiger partial charge in [-0.25, -0.2) is 4.79 Å². The van der Waals surface area contributed by atoms with Gasteiger partial charge in [-0.1, -0.05) is 30.3 Å². The van der Waals surface area contributed by atoms with Crippen molar-refractivity contribution in [1.82, 2.24) is 46.7 Å². The third-order valence-corrected chi connectivity index (χ3v) is 12.7. The van der Waals surface area contributed by atoms with Gasteiger partial charge in [0.1, 0.15) is 54.1 Å². The molecule has 0 radical (unpaired) electrons. The van der Waals surface area contributed by atoms with E-state index in [9.17, 15) is 73.5 Å². The molecule has 14 N–H and O–H groups in total. The number of carbonyl (C=O) groups excluding carboxylic acids is 8. The molecule has 3 heterocycles. The number of amides is 8. The third-order valence-electron chi connectivity index (χ3n) is 12.7. The summed E-state index contributed by atoms with van der Waals surface area (Å²) in [5, 5.41) is 64.5. The summed E-state index contributed by atoms with van der Waals surface area (Å²) >= 11 is 0. The molecule has 5 rings (SSSR count). The topological polar surface area (TPSA) is 392 Å². The largest absolute Gasteiger partial charge is 0.508 e. The number of carboxylic acids is 2. The number of phenolic OH excluding ortho intramolecular Hbond substituents is 1. The molecule has 2 fully saturated rings. The summed E-state index contributed by atoms with van der Waals surface area (Å²) in [6, 6.07) is 0.956. The maximum Gasteiger partial charge on any atom is 0.326 e. The number of para-hydroxylation sites is 1.